The van der Waals surface area contributed by atoms with Gasteiger partial charge < -0.3 is 16.0 Å². The van der Waals surface area contributed by atoms with Gasteiger partial charge in [-0.25, -0.2) is 0 Å². The molecule has 5 nitrogen and oxygen atoms in total. The number of fused-ring (bicyclic) bond motifs is 1. The molecule has 1 amide bonds. The van der Waals surface area contributed by atoms with Gasteiger partial charge in [-0.3, -0.25) is 9.78 Å². The number of aromatic nitrogens is 2. The van der Waals surface area contributed by atoms with Gasteiger partial charge in [-0.1, -0.05) is 24.3 Å². The summed E-state index contributed by atoms with van der Waals surface area (Å²) in [7, 11) is 0. The van der Waals surface area contributed by atoms with Crippen molar-refractivity contribution in [3.05, 3.63) is 66.1 Å². The Balaban J connectivity index is 1.61. The number of H-pyrrole nitrogens is 1. The summed E-state index contributed by atoms with van der Waals surface area (Å²) >= 11 is 0. The van der Waals surface area contributed by atoms with E-state index in [1.807, 2.05) is 42.6 Å². The molecule has 0 radical (unpaired) electrons. The summed E-state index contributed by atoms with van der Waals surface area (Å²) < 4.78 is 0. The van der Waals surface area contributed by atoms with Gasteiger partial charge in [0.25, 0.3) is 0 Å². The van der Waals surface area contributed by atoms with Gasteiger partial charge in [-0.15, -0.1) is 0 Å². The van der Waals surface area contributed by atoms with Crippen LogP contribution >= 0.6 is 0 Å². The maximum atomic E-state index is 12.1. The van der Waals surface area contributed by atoms with Gasteiger partial charge in [-0.05, 0) is 29.7 Å². The SMILES string of the molecule is N[C@@H](Cc1c[nH]c2ccccc12)C(=O)NCc1cccnc1. The molecule has 4 N–H and O–H groups in total. The molecule has 0 saturated heterocycles. The van der Waals surface area contributed by atoms with Crippen LogP contribution in [0.4, 0.5) is 0 Å². The van der Waals surface area contributed by atoms with Crippen LogP contribution in [0.3, 0.4) is 0 Å². The molecule has 3 rings (SSSR count). The van der Waals surface area contributed by atoms with Crippen molar-refractivity contribution < 1.29 is 4.79 Å². The molecule has 2 aromatic heterocycles. The molecule has 0 spiro atoms. The van der Waals surface area contributed by atoms with E-state index in [2.05, 4.69) is 15.3 Å². The minimum atomic E-state index is -0.573. The maximum Gasteiger partial charge on any atom is 0.237 e. The van der Waals surface area contributed by atoms with Crippen LogP contribution in [0.25, 0.3) is 10.9 Å². The number of hydrogen-bond acceptors (Lipinski definition) is 3. The van der Waals surface area contributed by atoms with Gasteiger partial charge >= 0.3 is 0 Å². The normalized spacial score (nSPS) is 12.2. The van der Waals surface area contributed by atoms with Crippen LogP contribution < -0.4 is 11.1 Å². The van der Waals surface area contributed by atoms with Crippen LogP contribution in [0, 0.1) is 0 Å². The first-order chi connectivity index (χ1) is 10.7. The number of benzene rings is 1. The first-order valence-electron chi connectivity index (χ1n) is 7.21. The Morgan fingerprint density at radius 1 is 1.27 bits per heavy atom. The van der Waals surface area contributed by atoms with Crippen LogP contribution in [0.5, 0.6) is 0 Å². The highest BCUT2D eigenvalue weighted by atomic mass is 16.2. The maximum absolute atomic E-state index is 12.1. The van der Waals surface area contributed by atoms with Gasteiger partial charge in [0.1, 0.15) is 0 Å². The van der Waals surface area contributed by atoms with E-state index in [4.69, 9.17) is 5.73 Å². The molecule has 0 aliphatic rings. The lowest BCUT2D eigenvalue weighted by atomic mass is 10.1. The van der Waals surface area contributed by atoms with Crippen molar-refractivity contribution in [1.29, 1.82) is 0 Å². The first kappa shape index (κ1) is 14.3. The second kappa shape index (κ2) is 6.41. The van der Waals surface area contributed by atoms with E-state index in [1.165, 1.54) is 0 Å². The predicted octanol–water partition coefficient (Wildman–Crippen LogP) is 1.75. The van der Waals surface area contributed by atoms with Crippen molar-refractivity contribution in [3.8, 4) is 0 Å². The number of para-hydroxylation sites is 1. The average Bonchev–Trinajstić information content (AvgIpc) is 2.97. The fourth-order valence-electron chi connectivity index (χ4n) is 2.45. The molecule has 0 unspecified atom stereocenters. The summed E-state index contributed by atoms with van der Waals surface area (Å²) in [6.45, 7) is 0.439. The molecule has 0 aliphatic heterocycles. The molecule has 22 heavy (non-hydrogen) atoms. The first-order valence-corrected chi connectivity index (χ1v) is 7.21. The number of nitrogens with one attached hydrogen (secondary N) is 2. The van der Waals surface area contributed by atoms with Crippen molar-refractivity contribution in [1.82, 2.24) is 15.3 Å². The molecule has 0 bridgehead atoms. The Labute approximate surface area is 128 Å². The monoisotopic (exact) mass is 294 g/mol. The molecule has 0 fully saturated rings. The number of aromatic amines is 1. The third-order valence-corrected chi connectivity index (χ3v) is 3.64. The van der Waals surface area contributed by atoms with Gasteiger partial charge in [0.05, 0.1) is 6.04 Å². The van der Waals surface area contributed by atoms with Crippen LogP contribution in [0.2, 0.25) is 0 Å². The molecule has 5 heteroatoms. The van der Waals surface area contributed by atoms with Gasteiger partial charge in [-0.2, -0.15) is 0 Å². The van der Waals surface area contributed by atoms with E-state index in [9.17, 15) is 4.79 Å². The Morgan fingerprint density at radius 3 is 2.95 bits per heavy atom. The lowest BCUT2D eigenvalue weighted by Crippen LogP contribution is -2.41. The highest BCUT2D eigenvalue weighted by Crippen LogP contribution is 2.18. The molecule has 2 heterocycles. The Morgan fingerprint density at radius 2 is 2.14 bits per heavy atom. The van der Waals surface area contributed by atoms with Crippen LogP contribution in [-0.4, -0.2) is 21.9 Å². The summed E-state index contributed by atoms with van der Waals surface area (Å²) in [6.07, 6.45) is 5.85. The number of carbonyl (C=O) groups excluding carboxylic acids is 1. The average molecular weight is 294 g/mol. The quantitative estimate of drug-likeness (QED) is 0.670. The highest BCUT2D eigenvalue weighted by Gasteiger charge is 2.15. The lowest BCUT2D eigenvalue weighted by Gasteiger charge is -2.12. The van der Waals surface area contributed by atoms with E-state index in [0.717, 1.165) is 22.0 Å². The number of nitrogens with two attached hydrogens (primary N) is 1. The minimum Gasteiger partial charge on any atom is -0.361 e. The summed E-state index contributed by atoms with van der Waals surface area (Å²) in [5, 5.41) is 3.95. The lowest BCUT2D eigenvalue weighted by molar-refractivity contribution is -0.122. The number of hydrogen-bond donors (Lipinski definition) is 3. The zero-order chi connectivity index (χ0) is 15.4. The number of carbonyl (C=O) groups is 1. The Bertz CT molecular complexity index is 766. The fourth-order valence-corrected chi connectivity index (χ4v) is 2.45. The van der Waals surface area contributed by atoms with Gasteiger partial charge in [0.15, 0.2) is 0 Å². The zero-order valence-corrected chi connectivity index (χ0v) is 12.1. The second-order valence-electron chi connectivity index (χ2n) is 5.25. The van der Waals surface area contributed by atoms with Gasteiger partial charge in [0.2, 0.25) is 5.91 Å². The zero-order valence-electron chi connectivity index (χ0n) is 12.1. The van der Waals surface area contributed by atoms with Crippen molar-refractivity contribution in [2.75, 3.05) is 0 Å². The largest absolute Gasteiger partial charge is 0.361 e. The van der Waals surface area contributed by atoms with Crippen LogP contribution in [-0.2, 0) is 17.8 Å². The number of pyridine rings is 1. The topological polar surface area (TPSA) is 83.8 Å². The Kier molecular flexibility index (Phi) is 4.16. The van der Waals surface area contributed by atoms with Crippen LogP contribution in [0.1, 0.15) is 11.1 Å². The van der Waals surface area contributed by atoms with E-state index in [0.29, 0.717) is 13.0 Å². The van der Waals surface area contributed by atoms with Crippen LogP contribution in [0.15, 0.2) is 55.0 Å². The summed E-state index contributed by atoms with van der Waals surface area (Å²) in [5.74, 6) is -0.158. The van der Waals surface area contributed by atoms with E-state index >= 15 is 0 Å². The molecule has 0 saturated carbocycles. The highest BCUT2D eigenvalue weighted by molar-refractivity contribution is 5.86. The molecular formula is C17H18N4O. The van der Waals surface area contributed by atoms with E-state index in [1.54, 1.807) is 12.4 Å². The molecule has 1 aromatic carbocycles. The third kappa shape index (κ3) is 3.15. The molecule has 0 aliphatic carbocycles. The summed E-state index contributed by atoms with van der Waals surface area (Å²) in [6, 6.07) is 11.2. The fraction of sp³-hybridized carbons (Fsp3) is 0.176. The standard InChI is InChI=1S/C17H18N4O/c18-15(17(22)21-10-12-4-3-7-19-9-12)8-13-11-20-16-6-2-1-5-14(13)16/h1-7,9,11,15,20H,8,10,18H2,(H,21,22)/t15-/m0/s1. The summed E-state index contributed by atoms with van der Waals surface area (Å²) in [5.41, 5.74) is 9.09. The second-order valence-corrected chi connectivity index (χ2v) is 5.25. The molecule has 1 atom stereocenters. The minimum absolute atomic E-state index is 0.158. The number of nitrogens with zero attached hydrogens (tertiary/aromatic N) is 1. The van der Waals surface area contributed by atoms with E-state index in [-0.39, 0.29) is 5.91 Å². The molecular weight excluding hydrogens is 276 g/mol. The third-order valence-electron chi connectivity index (χ3n) is 3.64. The van der Waals surface area contributed by atoms with Crippen molar-refractivity contribution >= 4 is 16.8 Å². The predicted molar refractivity (Wildman–Crippen MR) is 86.1 cm³/mol. The summed E-state index contributed by atoms with van der Waals surface area (Å²) in [4.78, 5) is 19.3. The van der Waals surface area contributed by atoms with Crippen molar-refractivity contribution in [2.45, 2.75) is 19.0 Å². The van der Waals surface area contributed by atoms with Crippen molar-refractivity contribution in [3.63, 3.8) is 0 Å². The Hall–Kier alpha value is -2.66. The number of rotatable bonds is 5. The van der Waals surface area contributed by atoms with Gasteiger partial charge in [0, 0.05) is 36.0 Å². The smallest absolute Gasteiger partial charge is 0.237 e. The molecule has 112 valence electrons. The van der Waals surface area contributed by atoms with E-state index < -0.39 is 6.04 Å². The van der Waals surface area contributed by atoms with Crippen molar-refractivity contribution in [2.24, 2.45) is 5.73 Å². The number of amides is 1. The molecule has 3 aromatic rings.